The van der Waals surface area contributed by atoms with Gasteiger partial charge in [-0.15, -0.1) is 0 Å². The number of likely N-dealkylation sites (N-methyl/N-ethyl adjacent to an activating group) is 1. The first-order valence-electron chi connectivity index (χ1n) is 4.08. The predicted molar refractivity (Wildman–Crippen MR) is 50.9 cm³/mol. The van der Waals surface area contributed by atoms with Gasteiger partial charge in [0, 0.05) is 26.6 Å². The van der Waals surface area contributed by atoms with E-state index < -0.39 is 0 Å². The van der Waals surface area contributed by atoms with Gasteiger partial charge in [0.1, 0.15) is 0 Å². The SMILES string of the molecule is C=NC1=C(NNC)CN(C)CC1. The lowest BCUT2D eigenvalue weighted by Gasteiger charge is -2.26. The molecule has 0 amide bonds. The molecule has 1 heterocycles. The molecule has 68 valence electrons. The topological polar surface area (TPSA) is 39.7 Å². The fraction of sp³-hybridized carbons (Fsp3) is 0.625. The molecule has 4 heteroatoms. The van der Waals surface area contributed by atoms with Crippen LogP contribution in [0, 0.1) is 0 Å². The van der Waals surface area contributed by atoms with Gasteiger partial charge in [0.05, 0.1) is 11.4 Å². The summed E-state index contributed by atoms with van der Waals surface area (Å²) in [5.74, 6) is 0. The largest absolute Gasteiger partial charge is 0.323 e. The lowest BCUT2D eigenvalue weighted by atomic mass is 10.2. The molecular formula is C8H16N4. The van der Waals surface area contributed by atoms with Crippen molar-refractivity contribution in [2.75, 3.05) is 27.2 Å². The fourth-order valence-electron chi connectivity index (χ4n) is 1.32. The van der Waals surface area contributed by atoms with Crippen LogP contribution in [0.3, 0.4) is 0 Å². The van der Waals surface area contributed by atoms with Crippen molar-refractivity contribution < 1.29 is 0 Å². The Balaban J connectivity index is 2.69. The van der Waals surface area contributed by atoms with E-state index in [4.69, 9.17) is 0 Å². The van der Waals surface area contributed by atoms with Gasteiger partial charge in [-0.05, 0) is 13.8 Å². The highest BCUT2D eigenvalue weighted by Crippen LogP contribution is 2.14. The van der Waals surface area contributed by atoms with Crippen molar-refractivity contribution >= 4 is 6.72 Å². The normalized spacial score (nSPS) is 19.5. The van der Waals surface area contributed by atoms with Crippen LogP contribution in [0.5, 0.6) is 0 Å². The average Bonchev–Trinajstić information content (AvgIpc) is 2.05. The van der Waals surface area contributed by atoms with E-state index in [1.54, 1.807) is 0 Å². The molecule has 1 aliphatic heterocycles. The third-order valence-corrected chi connectivity index (χ3v) is 1.97. The Morgan fingerprint density at radius 2 is 2.33 bits per heavy atom. The van der Waals surface area contributed by atoms with E-state index in [1.165, 1.54) is 0 Å². The van der Waals surface area contributed by atoms with Gasteiger partial charge in [0.25, 0.3) is 0 Å². The van der Waals surface area contributed by atoms with Crippen molar-refractivity contribution in [2.24, 2.45) is 4.99 Å². The number of rotatable bonds is 3. The minimum atomic E-state index is 0.912. The van der Waals surface area contributed by atoms with Crippen molar-refractivity contribution in [3.63, 3.8) is 0 Å². The molecular weight excluding hydrogens is 152 g/mol. The maximum atomic E-state index is 3.98. The molecule has 0 aromatic rings. The third kappa shape index (κ3) is 2.06. The summed E-state index contributed by atoms with van der Waals surface area (Å²) in [4.78, 5) is 6.23. The number of hydrogen-bond donors (Lipinski definition) is 2. The summed E-state index contributed by atoms with van der Waals surface area (Å²) >= 11 is 0. The van der Waals surface area contributed by atoms with Crippen LogP contribution in [0.15, 0.2) is 16.4 Å². The number of nitrogens with zero attached hydrogens (tertiary/aromatic N) is 2. The van der Waals surface area contributed by atoms with Crippen LogP contribution in [-0.4, -0.2) is 38.8 Å². The number of hydrazine groups is 1. The van der Waals surface area contributed by atoms with Gasteiger partial charge in [-0.25, -0.2) is 5.43 Å². The zero-order valence-corrected chi connectivity index (χ0v) is 7.72. The van der Waals surface area contributed by atoms with Gasteiger partial charge in [0.2, 0.25) is 0 Å². The predicted octanol–water partition coefficient (Wildman–Crippen LogP) is -0.0419. The molecule has 0 fully saturated rings. The molecule has 1 rings (SSSR count). The van der Waals surface area contributed by atoms with Crippen LogP contribution in [0.25, 0.3) is 0 Å². The summed E-state index contributed by atoms with van der Waals surface area (Å²) in [5, 5.41) is 0. The van der Waals surface area contributed by atoms with Gasteiger partial charge in [-0.2, -0.15) is 0 Å². The minimum absolute atomic E-state index is 0.912. The number of hydrogen-bond acceptors (Lipinski definition) is 4. The summed E-state index contributed by atoms with van der Waals surface area (Å²) in [6.07, 6.45) is 0.976. The molecule has 0 radical (unpaired) electrons. The van der Waals surface area contributed by atoms with Gasteiger partial charge in [-0.3, -0.25) is 4.99 Å². The molecule has 0 saturated heterocycles. The summed E-state index contributed by atoms with van der Waals surface area (Å²) < 4.78 is 0. The van der Waals surface area contributed by atoms with Crippen molar-refractivity contribution in [2.45, 2.75) is 6.42 Å². The van der Waals surface area contributed by atoms with Gasteiger partial charge >= 0.3 is 0 Å². The van der Waals surface area contributed by atoms with Crippen LogP contribution < -0.4 is 10.9 Å². The molecule has 2 N–H and O–H groups in total. The van der Waals surface area contributed by atoms with E-state index in [9.17, 15) is 0 Å². The molecule has 0 aromatic heterocycles. The first kappa shape index (κ1) is 9.22. The number of nitrogens with one attached hydrogen (secondary N) is 2. The van der Waals surface area contributed by atoms with E-state index in [-0.39, 0.29) is 0 Å². The Kier molecular flexibility index (Phi) is 3.25. The molecule has 0 aromatic carbocycles. The van der Waals surface area contributed by atoms with Crippen LogP contribution in [0.1, 0.15) is 6.42 Å². The molecule has 4 nitrogen and oxygen atoms in total. The van der Waals surface area contributed by atoms with E-state index in [0.717, 1.165) is 30.9 Å². The van der Waals surface area contributed by atoms with Crippen LogP contribution >= 0.6 is 0 Å². The zero-order valence-electron chi connectivity index (χ0n) is 7.72. The molecule has 0 spiro atoms. The molecule has 12 heavy (non-hydrogen) atoms. The van der Waals surface area contributed by atoms with Crippen molar-refractivity contribution in [3.8, 4) is 0 Å². The fourth-order valence-corrected chi connectivity index (χ4v) is 1.32. The average molecular weight is 168 g/mol. The van der Waals surface area contributed by atoms with Crippen molar-refractivity contribution in [1.29, 1.82) is 0 Å². The van der Waals surface area contributed by atoms with E-state index in [0.29, 0.717) is 0 Å². The Morgan fingerprint density at radius 1 is 1.58 bits per heavy atom. The third-order valence-electron chi connectivity index (χ3n) is 1.97. The van der Waals surface area contributed by atoms with E-state index in [2.05, 4.69) is 34.5 Å². The highest BCUT2D eigenvalue weighted by Gasteiger charge is 2.14. The lowest BCUT2D eigenvalue weighted by Crippen LogP contribution is -2.38. The Morgan fingerprint density at radius 3 is 2.92 bits per heavy atom. The molecule has 0 unspecified atom stereocenters. The lowest BCUT2D eigenvalue weighted by molar-refractivity contribution is 0.332. The maximum Gasteiger partial charge on any atom is 0.0625 e. The summed E-state index contributed by atoms with van der Waals surface area (Å²) in [6.45, 7) is 5.52. The van der Waals surface area contributed by atoms with Crippen LogP contribution in [0.4, 0.5) is 0 Å². The first-order valence-corrected chi connectivity index (χ1v) is 4.08. The van der Waals surface area contributed by atoms with Crippen LogP contribution in [-0.2, 0) is 0 Å². The van der Waals surface area contributed by atoms with Crippen molar-refractivity contribution in [3.05, 3.63) is 11.4 Å². The van der Waals surface area contributed by atoms with Gasteiger partial charge in [0.15, 0.2) is 0 Å². The second kappa shape index (κ2) is 4.23. The van der Waals surface area contributed by atoms with Gasteiger partial charge in [-0.1, -0.05) is 0 Å². The highest BCUT2D eigenvalue weighted by molar-refractivity contribution is 5.31. The Hall–Kier alpha value is -0.870. The van der Waals surface area contributed by atoms with E-state index in [1.807, 2.05) is 7.05 Å². The van der Waals surface area contributed by atoms with Gasteiger partial charge < -0.3 is 10.3 Å². The Bertz CT molecular complexity index is 197. The Labute approximate surface area is 73.3 Å². The molecule has 0 bridgehead atoms. The monoisotopic (exact) mass is 168 g/mol. The summed E-state index contributed by atoms with van der Waals surface area (Å²) in [7, 11) is 3.94. The number of aliphatic imine (C=N–C) groups is 1. The summed E-state index contributed by atoms with van der Waals surface area (Å²) in [6, 6.07) is 0. The second-order valence-electron chi connectivity index (χ2n) is 2.95. The quantitative estimate of drug-likeness (QED) is 0.459. The van der Waals surface area contributed by atoms with Crippen LogP contribution in [0.2, 0.25) is 0 Å². The minimum Gasteiger partial charge on any atom is -0.323 e. The molecule has 0 aliphatic carbocycles. The molecule has 1 aliphatic rings. The highest BCUT2D eigenvalue weighted by atomic mass is 15.4. The standard InChI is InChI=1S/C8H16N4/c1-9-7-4-5-12(3)6-8(7)11-10-2/h10-11H,1,4-6H2,2-3H3. The zero-order chi connectivity index (χ0) is 8.97. The second-order valence-corrected chi connectivity index (χ2v) is 2.95. The first-order chi connectivity index (χ1) is 5.77. The molecule has 0 saturated carbocycles. The smallest absolute Gasteiger partial charge is 0.0625 e. The van der Waals surface area contributed by atoms with Crippen molar-refractivity contribution in [1.82, 2.24) is 15.8 Å². The molecule has 0 atom stereocenters. The van der Waals surface area contributed by atoms with E-state index >= 15 is 0 Å². The summed E-state index contributed by atoms with van der Waals surface area (Å²) in [5.41, 5.74) is 8.17. The maximum absolute atomic E-state index is 3.98.